The fourth-order valence-electron chi connectivity index (χ4n) is 1.97. The van der Waals surface area contributed by atoms with Gasteiger partial charge in [-0.2, -0.15) is 0 Å². The van der Waals surface area contributed by atoms with Crippen molar-refractivity contribution < 1.29 is 22.7 Å². The van der Waals surface area contributed by atoms with E-state index < -0.39 is 21.5 Å². The van der Waals surface area contributed by atoms with Crippen LogP contribution in [0.2, 0.25) is 5.02 Å². The van der Waals surface area contributed by atoms with Crippen molar-refractivity contribution in [2.24, 2.45) is 0 Å². The largest absolute Gasteiger partial charge is 0.467 e. The number of hydrogen-bond acceptors (Lipinski definition) is 5. The highest BCUT2D eigenvalue weighted by molar-refractivity contribution is 7.91. The predicted octanol–water partition coefficient (Wildman–Crippen LogP) is 1.21. The molecule has 21 heavy (non-hydrogen) atoms. The van der Waals surface area contributed by atoms with E-state index in [2.05, 4.69) is 0 Å². The van der Waals surface area contributed by atoms with E-state index in [1.54, 1.807) is 12.1 Å². The Morgan fingerprint density at radius 1 is 1.38 bits per heavy atom. The minimum Gasteiger partial charge on any atom is -0.467 e. The van der Waals surface area contributed by atoms with E-state index in [0.29, 0.717) is 28.5 Å². The van der Waals surface area contributed by atoms with Crippen LogP contribution < -0.4 is 4.74 Å². The molecule has 1 heterocycles. The Kier molecular flexibility index (Phi) is 4.75. The summed E-state index contributed by atoms with van der Waals surface area (Å²) in [6.45, 7) is 0.387. The maximum Gasteiger partial charge on any atom is 0.237 e. The monoisotopic (exact) mass is 333 g/mol. The summed E-state index contributed by atoms with van der Waals surface area (Å²) in [5, 5.41) is 0.409. The van der Waals surface area contributed by atoms with E-state index in [-0.39, 0.29) is 12.5 Å². The maximum atomic E-state index is 12.1. The first kappa shape index (κ1) is 16.1. The summed E-state index contributed by atoms with van der Waals surface area (Å²) in [6.07, 6.45) is 0. The lowest BCUT2D eigenvalue weighted by atomic mass is 10.1. The zero-order valence-electron chi connectivity index (χ0n) is 11.8. The van der Waals surface area contributed by atoms with Gasteiger partial charge in [-0.05, 0) is 12.1 Å². The fourth-order valence-corrected chi connectivity index (χ4v) is 3.66. The molecule has 0 atom stereocenters. The van der Waals surface area contributed by atoms with Crippen LogP contribution in [0.1, 0.15) is 11.1 Å². The lowest BCUT2D eigenvalue weighted by molar-refractivity contribution is -0.125. The highest BCUT2D eigenvalue weighted by Crippen LogP contribution is 2.32. The number of sulfone groups is 1. The van der Waals surface area contributed by atoms with Crippen molar-refractivity contribution in [2.75, 3.05) is 26.6 Å². The number of carbonyl (C=O) groups is 1. The third-order valence-corrected chi connectivity index (χ3v) is 4.63. The summed E-state index contributed by atoms with van der Waals surface area (Å²) in [6, 6.07) is 3.22. The number of rotatable bonds is 4. The highest BCUT2D eigenvalue weighted by Gasteiger charge is 2.23. The Morgan fingerprint density at radius 2 is 2.10 bits per heavy atom. The fraction of sp³-hybridized carbons (Fsp3) is 0.462. The van der Waals surface area contributed by atoms with Crippen LogP contribution in [0.4, 0.5) is 0 Å². The Bertz CT molecular complexity index is 657. The maximum absolute atomic E-state index is 12.1. The van der Waals surface area contributed by atoms with Crippen molar-refractivity contribution in [3.8, 4) is 5.75 Å². The Hall–Kier alpha value is -1.31. The molecule has 0 radical (unpaired) electrons. The van der Waals surface area contributed by atoms with Crippen LogP contribution in [0.25, 0.3) is 0 Å². The Morgan fingerprint density at radius 3 is 2.76 bits per heavy atom. The van der Waals surface area contributed by atoms with Crippen LogP contribution >= 0.6 is 11.6 Å². The van der Waals surface area contributed by atoms with Gasteiger partial charge in [0.15, 0.2) is 16.6 Å². The summed E-state index contributed by atoms with van der Waals surface area (Å²) >= 11 is 5.99. The number of carbonyl (C=O) groups excluding carboxylic acids is 1. The molecule has 0 bridgehead atoms. The van der Waals surface area contributed by atoms with Gasteiger partial charge >= 0.3 is 0 Å². The number of hydrogen-bond donors (Lipinski definition) is 0. The van der Waals surface area contributed by atoms with Gasteiger partial charge < -0.3 is 14.4 Å². The van der Waals surface area contributed by atoms with Gasteiger partial charge in [0, 0.05) is 30.2 Å². The van der Waals surface area contributed by atoms with Crippen molar-refractivity contribution in [2.45, 2.75) is 12.4 Å². The zero-order chi connectivity index (χ0) is 15.6. The molecule has 1 aliphatic rings. The molecule has 0 aromatic heterocycles. The molecule has 0 saturated carbocycles. The molecule has 0 aliphatic carbocycles. The zero-order valence-corrected chi connectivity index (χ0v) is 13.3. The van der Waals surface area contributed by atoms with Crippen molar-refractivity contribution >= 4 is 27.3 Å². The number of benzene rings is 1. The summed E-state index contributed by atoms with van der Waals surface area (Å²) in [5.74, 6) is -0.825. The van der Waals surface area contributed by atoms with E-state index in [1.165, 1.54) is 19.0 Å². The van der Waals surface area contributed by atoms with Crippen molar-refractivity contribution in [1.82, 2.24) is 4.90 Å². The average molecular weight is 334 g/mol. The van der Waals surface area contributed by atoms with Crippen LogP contribution in [0.5, 0.6) is 5.75 Å². The number of amides is 1. The van der Waals surface area contributed by atoms with Crippen molar-refractivity contribution in [1.29, 1.82) is 0 Å². The Balaban J connectivity index is 2.27. The quantitative estimate of drug-likeness (QED) is 0.828. The van der Waals surface area contributed by atoms with Crippen molar-refractivity contribution in [3.05, 3.63) is 28.3 Å². The summed E-state index contributed by atoms with van der Waals surface area (Å²) in [4.78, 5) is 12.8. The molecule has 0 unspecified atom stereocenters. The van der Waals surface area contributed by atoms with Crippen molar-refractivity contribution in [3.63, 3.8) is 0 Å². The third-order valence-electron chi connectivity index (χ3n) is 2.97. The van der Waals surface area contributed by atoms with E-state index in [0.717, 1.165) is 0 Å². The standard InChI is InChI=1S/C13H16ClNO5S/c1-15(2)12(16)7-21(17,18)6-10-4-11(14)3-9-5-19-8-20-13(9)10/h3-4H,5-8H2,1-2H3. The molecule has 116 valence electrons. The van der Waals surface area contributed by atoms with Gasteiger partial charge in [-0.25, -0.2) is 8.42 Å². The smallest absolute Gasteiger partial charge is 0.237 e. The molecule has 0 fully saturated rings. The molecule has 1 amide bonds. The van der Waals surface area contributed by atoms with Gasteiger partial charge in [-0.3, -0.25) is 4.79 Å². The lowest BCUT2D eigenvalue weighted by Crippen LogP contribution is -2.30. The number of halogens is 1. The summed E-state index contributed by atoms with van der Waals surface area (Å²) in [5.41, 5.74) is 1.16. The molecule has 2 rings (SSSR count). The van der Waals surface area contributed by atoms with E-state index in [4.69, 9.17) is 21.1 Å². The average Bonchev–Trinajstić information content (AvgIpc) is 2.37. The van der Waals surface area contributed by atoms with E-state index in [1.807, 2.05) is 0 Å². The second-order valence-corrected chi connectivity index (χ2v) is 7.49. The second kappa shape index (κ2) is 6.21. The van der Waals surface area contributed by atoms with Crippen LogP contribution in [0, 0.1) is 0 Å². The highest BCUT2D eigenvalue weighted by atomic mass is 35.5. The van der Waals surface area contributed by atoms with Gasteiger partial charge in [-0.1, -0.05) is 11.6 Å². The normalized spacial score (nSPS) is 14.2. The molecule has 1 aromatic carbocycles. The number of nitrogens with zero attached hydrogens (tertiary/aromatic N) is 1. The molecule has 1 aliphatic heterocycles. The first-order valence-corrected chi connectivity index (χ1v) is 8.41. The second-order valence-electron chi connectivity index (χ2n) is 4.98. The first-order valence-electron chi connectivity index (χ1n) is 6.21. The molecular formula is C13H16ClNO5S. The van der Waals surface area contributed by atoms with E-state index >= 15 is 0 Å². The number of ether oxygens (including phenoxy) is 2. The Labute approximate surface area is 128 Å². The van der Waals surface area contributed by atoms with Crippen LogP contribution in [-0.4, -0.2) is 45.9 Å². The number of fused-ring (bicyclic) bond motifs is 1. The van der Waals surface area contributed by atoms with E-state index in [9.17, 15) is 13.2 Å². The third kappa shape index (κ3) is 4.09. The minimum absolute atomic E-state index is 0.0678. The molecule has 1 aromatic rings. The lowest BCUT2D eigenvalue weighted by Gasteiger charge is -2.21. The van der Waals surface area contributed by atoms with Gasteiger partial charge in [-0.15, -0.1) is 0 Å². The topological polar surface area (TPSA) is 72.9 Å². The molecular weight excluding hydrogens is 318 g/mol. The minimum atomic E-state index is -3.60. The molecule has 6 nitrogen and oxygen atoms in total. The van der Waals surface area contributed by atoms with Crippen LogP contribution in [-0.2, 0) is 31.7 Å². The van der Waals surface area contributed by atoms with Gasteiger partial charge in [0.2, 0.25) is 5.91 Å². The van der Waals surface area contributed by atoms with Crippen LogP contribution in [0.15, 0.2) is 12.1 Å². The molecule has 8 heteroatoms. The summed E-state index contributed by atoms with van der Waals surface area (Å²) < 4.78 is 34.8. The van der Waals surface area contributed by atoms with Crippen LogP contribution in [0.3, 0.4) is 0 Å². The predicted molar refractivity (Wildman–Crippen MR) is 77.9 cm³/mol. The first-order chi connectivity index (χ1) is 9.78. The molecule has 0 spiro atoms. The SMILES string of the molecule is CN(C)C(=O)CS(=O)(=O)Cc1cc(Cl)cc2c1OCOC2. The molecule has 0 N–H and O–H groups in total. The van der Waals surface area contributed by atoms with Gasteiger partial charge in [0.05, 0.1) is 12.4 Å². The summed E-state index contributed by atoms with van der Waals surface area (Å²) in [7, 11) is -0.573. The molecule has 0 saturated heterocycles. The van der Waals surface area contributed by atoms with Gasteiger partial charge in [0.1, 0.15) is 11.5 Å². The van der Waals surface area contributed by atoms with Gasteiger partial charge in [0.25, 0.3) is 0 Å².